The van der Waals surface area contributed by atoms with Gasteiger partial charge in [0.25, 0.3) is 0 Å². The fourth-order valence-corrected chi connectivity index (χ4v) is 4.72. The highest BCUT2D eigenvalue weighted by Gasteiger charge is 2.26. The number of aliphatic hydroxyl groups is 1. The number of phenolic OH excluding ortho intramolecular Hbond substituents is 7. The first-order valence-electron chi connectivity index (χ1n) is 12.0. The van der Waals surface area contributed by atoms with Crippen LogP contribution in [-0.2, 0) is 12.8 Å². The number of rotatable bonds is 7. The van der Waals surface area contributed by atoms with E-state index in [4.69, 9.17) is 0 Å². The summed E-state index contributed by atoms with van der Waals surface area (Å²) in [5.74, 6) is -3.74. The second-order valence-corrected chi connectivity index (χ2v) is 9.26. The van der Waals surface area contributed by atoms with Crippen molar-refractivity contribution in [2.24, 2.45) is 0 Å². The monoisotopic (exact) mass is 506 g/mol. The van der Waals surface area contributed by atoms with Gasteiger partial charge in [-0.1, -0.05) is 37.3 Å². The lowest BCUT2D eigenvalue weighted by Gasteiger charge is -2.23. The summed E-state index contributed by atoms with van der Waals surface area (Å²) >= 11 is 0. The van der Waals surface area contributed by atoms with Gasteiger partial charge in [0, 0.05) is 41.0 Å². The highest BCUT2D eigenvalue weighted by molar-refractivity contribution is 5.64. The molecule has 1 aliphatic rings. The van der Waals surface area contributed by atoms with Gasteiger partial charge in [0.2, 0.25) is 11.5 Å². The van der Waals surface area contributed by atoms with Crippen LogP contribution in [0.4, 0.5) is 0 Å². The minimum atomic E-state index is -0.712. The Kier molecular flexibility index (Phi) is 7.22. The summed E-state index contributed by atoms with van der Waals surface area (Å²) in [7, 11) is 0. The second-order valence-electron chi connectivity index (χ2n) is 9.26. The molecule has 0 bridgehead atoms. The topological polar surface area (TPSA) is 162 Å². The van der Waals surface area contributed by atoms with Crippen LogP contribution >= 0.6 is 0 Å². The van der Waals surface area contributed by atoms with Gasteiger partial charge in [-0.15, -0.1) is 0 Å². The Morgan fingerprint density at radius 1 is 0.730 bits per heavy atom. The third-order valence-corrected chi connectivity index (χ3v) is 6.77. The van der Waals surface area contributed by atoms with Crippen LogP contribution in [0.3, 0.4) is 0 Å². The van der Waals surface area contributed by atoms with Gasteiger partial charge < -0.3 is 40.9 Å². The third-order valence-electron chi connectivity index (χ3n) is 6.77. The van der Waals surface area contributed by atoms with E-state index in [-0.39, 0.29) is 35.6 Å². The van der Waals surface area contributed by atoms with Crippen LogP contribution in [0.25, 0.3) is 0 Å². The van der Waals surface area contributed by atoms with Gasteiger partial charge in [0.1, 0.15) is 5.75 Å². The van der Waals surface area contributed by atoms with E-state index in [0.717, 1.165) is 11.1 Å². The number of aliphatic hydroxyl groups excluding tert-OH is 1. The van der Waals surface area contributed by atoms with E-state index in [1.807, 2.05) is 13.0 Å². The fourth-order valence-electron chi connectivity index (χ4n) is 4.72. The molecule has 1 aliphatic carbocycles. The average Bonchev–Trinajstić information content (AvgIpc) is 2.89. The molecule has 37 heavy (non-hydrogen) atoms. The molecule has 0 saturated carbocycles. The van der Waals surface area contributed by atoms with Gasteiger partial charge in [-0.05, 0) is 48.2 Å². The molecule has 0 aromatic heterocycles. The molecule has 0 saturated heterocycles. The number of hydrogen-bond acceptors (Lipinski definition) is 8. The number of allylic oxidation sites excluding steroid dienone is 2. The molecule has 8 N–H and O–H groups in total. The molecule has 8 heteroatoms. The van der Waals surface area contributed by atoms with Crippen LogP contribution in [0.5, 0.6) is 40.2 Å². The SMILES string of the molecule is CCC(C1=CCC(O)C=C1)c1cc(Cc2cc(Cc3ccc(O)cc3)c(O)c(O)c2O)c(O)c(O)c1O. The molecule has 194 valence electrons. The summed E-state index contributed by atoms with van der Waals surface area (Å²) in [6, 6.07) is 9.34. The second kappa shape index (κ2) is 10.4. The van der Waals surface area contributed by atoms with Crippen molar-refractivity contribution in [2.75, 3.05) is 0 Å². The van der Waals surface area contributed by atoms with Gasteiger partial charge in [-0.25, -0.2) is 0 Å². The van der Waals surface area contributed by atoms with Crippen LogP contribution in [0, 0.1) is 0 Å². The lowest BCUT2D eigenvalue weighted by Crippen LogP contribution is -2.09. The molecule has 0 aliphatic heterocycles. The zero-order chi connectivity index (χ0) is 26.9. The van der Waals surface area contributed by atoms with Gasteiger partial charge in [0.05, 0.1) is 6.10 Å². The van der Waals surface area contributed by atoms with Crippen LogP contribution in [-0.4, -0.2) is 47.0 Å². The minimum Gasteiger partial charge on any atom is -0.508 e. The standard InChI is InChI=1S/C29H30O8/c1-2-22(16-5-9-21(31)10-6-16)23-14-19(26(34)29(37)27(23)35)13-18-12-17(24(32)28(36)25(18)33)11-15-3-7-20(30)8-4-15/h3-9,12,14,21-22,30-37H,2,10-11,13H2,1H3. The van der Waals surface area contributed by atoms with E-state index in [2.05, 4.69) is 0 Å². The molecule has 3 aromatic rings. The van der Waals surface area contributed by atoms with Crippen LogP contribution in [0.1, 0.15) is 53.5 Å². The van der Waals surface area contributed by atoms with E-state index in [0.29, 0.717) is 24.0 Å². The molecule has 3 aromatic carbocycles. The molecule has 0 fully saturated rings. The molecule has 2 unspecified atom stereocenters. The fraction of sp³-hybridized carbons (Fsp3) is 0.241. The lowest BCUT2D eigenvalue weighted by atomic mass is 9.83. The van der Waals surface area contributed by atoms with E-state index >= 15 is 0 Å². The van der Waals surface area contributed by atoms with Gasteiger partial charge in [-0.3, -0.25) is 0 Å². The number of phenols is 7. The van der Waals surface area contributed by atoms with Crippen molar-refractivity contribution in [2.45, 2.75) is 44.6 Å². The van der Waals surface area contributed by atoms with E-state index in [9.17, 15) is 40.9 Å². The smallest absolute Gasteiger partial charge is 0.200 e. The highest BCUT2D eigenvalue weighted by Crippen LogP contribution is 2.48. The van der Waals surface area contributed by atoms with Crippen LogP contribution in [0.2, 0.25) is 0 Å². The molecule has 4 rings (SSSR count). The zero-order valence-corrected chi connectivity index (χ0v) is 20.3. The first kappa shape index (κ1) is 25.8. The molecular weight excluding hydrogens is 476 g/mol. The van der Waals surface area contributed by atoms with Gasteiger partial charge in [0.15, 0.2) is 23.0 Å². The maximum absolute atomic E-state index is 10.7. The average molecular weight is 507 g/mol. The number of benzene rings is 3. The van der Waals surface area contributed by atoms with Crippen molar-refractivity contribution in [1.29, 1.82) is 0 Å². The lowest BCUT2D eigenvalue weighted by molar-refractivity contribution is 0.225. The van der Waals surface area contributed by atoms with Crippen molar-refractivity contribution in [3.8, 4) is 40.2 Å². The zero-order valence-electron chi connectivity index (χ0n) is 20.3. The maximum atomic E-state index is 10.7. The maximum Gasteiger partial charge on any atom is 0.200 e. The summed E-state index contributed by atoms with van der Waals surface area (Å²) < 4.78 is 0. The molecule has 0 radical (unpaired) electrons. The van der Waals surface area contributed by atoms with Crippen molar-refractivity contribution < 1.29 is 40.9 Å². The molecule has 0 heterocycles. The number of aromatic hydroxyl groups is 7. The Balaban J connectivity index is 1.74. The molecule has 0 spiro atoms. The Morgan fingerprint density at radius 3 is 1.86 bits per heavy atom. The number of hydrogen-bond donors (Lipinski definition) is 8. The Bertz CT molecular complexity index is 1370. The molecular formula is C29H30O8. The van der Waals surface area contributed by atoms with Crippen molar-refractivity contribution >= 4 is 0 Å². The summed E-state index contributed by atoms with van der Waals surface area (Å²) in [5.41, 5.74) is 2.64. The van der Waals surface area contributed by atoms with Crippen molar-refractivity contribution in [1.82, 2.24) is 0 Å². The first-order chi connectivity index (χ1) is 17.6. The predicted molar refractivity (Wildman–Crippen MR) is 137 cm³/mol. The Hall–Kier alpha value is -4.30. The normalized spacial score (nSPS) is 15.9. The third kappa shape index (κ3) is 5.15. The quantitative estimate of drug-likeness (QED) is 0.217. The Morgan fingerprint density at radius 2 is 1.30 bits per heavy atom. The van der Waals surface area contributed by atoms with Crippen LogP contribution < -0.4 is 0 Å². The highest BCUT2D eigenvalue weighted by atomic mass is 16.3. The largest absolute Gasteiger partial charge is 0.508 e. The van der Waals surface area contributed by atoms with E-state index in [1.54, 1.807) is 30.4 Å². The van der Waals surface area contributed by atoms with Crippen LogP contribution in [0.15, 0.2) is 60.2 Å². The van der Waals surface area contributed by atoms with Crippen molar-refractivity contribution in [3.05, 3.63) is 88.0 Å². The van der Waals surface area contributed by atoms with Crippen molar-refractivity contribution in [3.63, 3.8) is 0 Å². The first-order valence-corrected chi connectivity index (χ1v) is 12.0. The molecule has 0 amide bonds. The molecule has 2 atom stereocenters. The molecule has 8 nitrogen and oxygen atoms in total. The van der Waals surface area contributed by atoms with Gasteiger partial charge >= 0.3 is 0 Å². The summed E-state index contributed by atoms with van der Waals surface area (Å²) in [6.07, 6.45) is 5.75. The summed E-state index contributed by atoms with van der Waals surface area (Å²) in [4.78, 5) is 0. The van der Waals surface area contributed by atoms with E-state index < -0.39 is 40.6 Å². The Labute approximate surface area is 214 Å². The summed E-state index contributed by atoms with van der Waals surface area (Å²) in [5, 5.41) is 82.4. The summed E-state index contributed by atoms with van der Waals surface area (Å²) in [6.45, 7) is 1.91. The predicted octanol–water partition coefficient (Wildman–Crippen LogP) is 4.55. The van der Waals surface area contributed by atoms with Gasteiger partial charge in [-0.2, -0.15) is 0 Å². The van der Waals surface area contributed by atoms with E-state index in [1.165, 1.54) is 18.2 Å². The minimum absolute atomic E-state index is 0.0849.